The highest BCUT2D eigenvalue weighted by Gasteiger charge is 2.18. The van der Waals surface area contributed by atoms with E-state index >= 15 is 0 Å². The first-order chi connectivity index (χ1) is 23.7. The third-order valence-electron chi connectivity index (χ3n) is 8.78. The van der Waals surface area contributed by atoms with Crippen molar-refractivity contribution in [2.45, 2.75) is 6.61 Å². The highest BCUT2D eigenvalue weighted by atomic mass is 32.1. The molecule has 9 aromatic rings. The Bertz CT molecular complexity index is 2630. The molecule has 5 nitrogen and oxygen atoms in total. The standard InChI is InChI=1S/C42H28N4OS/c43-35-23-22-28-20-18-27-19-21-30(24-34(27)37(28)38(35)47-25-26-10-3-1-4-11-26)41-44-40(29-12-5-2-6-13-29)45-42(46-41)33-16-9-15-32-31-14-7-8-17-36(31)48-39(32)33/h1-24H,25,43H2. The molecule has 0 aliphatic carbocycles. The van der Waals surface area contributed by atoms with Crippen molar-refractivity contribution in [2.24, 2.45) is 0 Å². The zero-order valence-corrected chi connectivity index (χ0v) is 26.6. The van der Waals surface area contributed by atoms with Gasteiger partial charge in [-0.25, -0.2) is 15.0 Å². The molecule has 0 unspecified atom stereocenters. The van der Waals surface area contributed by atoms with E-state index in [4.69, 9.17) is 25.4 Å². The van der Waals surface area contributed by atoms with Crippen LogP contribution in [0.1, 0.15) is 5.56 Å². The van der Waals surface area contributed by atoms with Crippen molar-refractivity contribution in [3.8, 4) is 39.9 Å². The summed E-state index contributed by atoms with van der Waals surface area (Å²) in [7, 11) is 0. The summed E-state index contributed by atoms with van der Waals surface area (Å²) in [6.07, 6.45) is 0. The Labute approximate surface area is 281 Å². The van der Waals surface area contributed by atoms with Gasteiger partial charge < -0.3 is 10.5 Å². The van der Waals surface area contributed by atoms with Crippen molar-refractivity contribution >= 4 is 58.7 Å². The van der Waals surface area contributed by atoms with Crippen LogP contribution in [-0.4, -0.2) is 15.0 Å². The van der Waals surface area contributed by atoms with E-state index in [0.717, 1.165) is 48.5 Å². The lowest BCUT2D eigenvalue weighted by Gasteiger charge is -2.15. The van der Waals surface area contributed by atoms with Gasteiger partial charge in [0.1, 0.15) is 6.61 Å². The average Bonchev–Trinajstić information content (AvgIpc) is 3.54. The minimum Gasteiger partial charge on any atom is -0.486 e. The first-order valence-corrected chi connectivity index (χ1v) is 16.7. The molecule has 6 heteroatoms. The summed E-state index contributed by atoms with van der Waals surface area (Å²) in [4.78, 5) is 15.3. The van der Waals surface area contributed by atoms with Crippen LogP contribution in [0, 0.1) is 0 Å². The van der Waals surface area contributed by atoms with Gasteiger partial charge in [0.25, 0.3) is 0 Å². The van der Waals surface area contributed by atoms with Gasteiger partial charge >= 0.3 is 0 Å². The van der Waals surface area contributed by atoms with Gasteiger partial charge in [0.2, 0.25) is 0 Å². The molecule has 48 heavy (non-hydrogen) atoms. The maximum absolute atomic E-state index is 6.58. The highest BCUT2D eigenvalue weighted by molar-refractivity contribution is 7.26. The monoisotopic (exact) mass is 636 g/mol. The quantitative estimate of drug-likeness (QED) is 0.145. The predicted molar refractivity (Wildman–Crippen MR) is 199 cm³/mol. The SMILES string of the molecule is Nc1ccc2ccc3ccc(-c4nc(-c5ccccc5)nc(-c5cccc6c5sc5ccccc56)n4)cc3c2c1OCc1ccccc1. The number of anilines is 1. The molecule has 0 amide bonds. The van der Waals surface area contributed by atoms with Crippen molar-refractivity contribution in [1.29, 1.82) is 0 Å². The second-order valence-corrected chi connectivity index (χ2v) is 12.9. The maximum Gasteiger partial charge on any atom is 0.165 e. The molecule has 0 saturated carbocycles. The topological polar surface area (TPSA) is 73.9 Å². The Hall–Kier alpha value is -6.11. The molecule has 7 aromatic carbocycles. The smallest absolute Gasteiger partial charge is 0.165 e. The van der Waals surface area contributed by atoms with Crippen molar-refractivity contribution in [3.05, 3.63) is 151 Å². The van der Waals surface area contributed by atoms with Gasteiger partial charge in [-0.15, -0.1) is 11.3 Å². The van der Waals surface area contributed by atoms with Gasteiger partial charge in [-0.05, 0) is 46.0 Å². The lowest BCUT2D eigenvalue weighted by Crippen LogP contribution is -2.01. The number of benzene rings is 7. The number of hydrogen-bond donors (Lipinski definition) is 1. The fourth-order valence-corrected chi connectivity index (χ4v) is 7.63. The van der Waals surface area contributed by atoms with Gasteiger partial charge in [0.15, 0.2) is 23.2 Å². The van der Waals surface area contributed by atoms with Crippen molar-refractivity contribution < 1.29 is 4.74 Å². The van der Waals surface area contributed by atoms with Crippen LogP contribution < -0.4 is 10.5 Å². The molecule has 0 saturated heterocycles. The summed E-state index contributed by atoms with van der Waals surface area (Å²) in [5.41, 5.74) is 11.1. The molecule has 228 valence electrons. The second-order valence-electron chi connectivity index (χ2n) is 11.8. The summed E-state index contributed by atoms with van der Waals surface area (Å²) >= 11 is 1.77. The summed E-state index contributed by atoms with van der Waals surface area (Å²) in [5.74, 6) is 2.55. The fraction of sp³-hybridized carbons (Fsp3) is 0.0238. The predicted octanol–water partition coefficient (Wildman–Crippen LogP) is 10.7. The molecular weight excluding hydrogens is 609 g/mol. The number of ether oxygens (including phenoxy) is 1. The van der Waals surface area contributed by atoms with Crippen LogP contribution in [0.3, 0.4) is 0 Å². The number of thiophene rings is 1. The zero-order chi connectivity index (χ0) is 32.0. The molecule has 0 aliphatic heterocycles. The van der Waals surface area contributed by atoms with Crippen LogP contribution in [0.25, 0.3) is 75.9 Å². The normalized spacial score (nSPS) is 11.5. The van der Waals surface area contributed by atoms with E-state index in [9.17, 15) is 0 Å². The molecule has 2 N–H and O–H groups in total. The number of nitrogens with two attached hydrogens (primary N) is 1. The first kappa shape index (κ1) is 28.1. The zero-order valence-electron chi connectivity index (χ0n) is 25.8. The molecule has 0 bridgehead atoms. The third-order valence-corrected chi connectivity index (χ3v) is 10.0. The molecule has 0 spiro atoms. The van der Waals surface area contributed by atoms with E-state index in [-0.39, 0.29) is 0 Å². The van der Waals surface area contributed by atoms with Gasteiger partial charge in [0.05, 0.1) is 5.69 Å². The second kappa shape index (κ2) is 11.6. The van der Waals surface area contributed by atoms with E-state index < -0.39 is 0 Å². The Balaban J connectivity index is 1.24. The first-order valence-electron chi connectivity index (χ1n) is 15.8. The van der Waals surface area contributed by atoms with E-state index in [1.807, 2.05) is 60.7 Å². The van der Waals surface area contributed by atoms with E-state index in [0.29, 0.717) is 35.5 Å². The van der Waals surface area contributed by atoms with Gasteiger partial charge in [0, 0.05) is 42.2 Å². The van der Waals surface area contributed by atoms with Crippen LogP contribution in [-0.2, 0) is 6.61 Å². The van der Waals surface area contributed by atoms with E-state index in [1.54, 1.807) is 11.3 Å². The molecule has 2 aromatic heterocycles. The summed E-state index contributed by atoms with van der Waals surface area (Å²) in [5, 5.41) is 6.56. The minimum absolute atomic E-state index is 0.417. The Morgan fingerprint density at radius 3 is 2.06 bits per heavy atom. The van der Waals surface area contributed by atoms with Gasteiger partial charge in [-0.3, -0.25) is 0 Å². The number of nitrogen functional groups attached to an aromatic ring is 1. The average molecular weight is 637 g/mol. The molecule has 0 fully saturated rings. The fourth-order valence-electron chi connectivity index (χ4n) is 6.42. The van der Waals surface area contributed by atoms with Crippen LogP contribution in [0.2, 0.25) is 0 Å². The molecule has 0 atom stereocenters. The number of rotatable bonds is 6. The van der Waals surface area contributed by atoms with Crippen LogP contribution in [0.4, 0.5) is 5.69 Å². The summed E-state index contributed by atoms with van der Waals surface area (Å²) < 4.78 is 8.85. The van der Waals surface area contributed by atoms with E-state index in [2.05, 4.69) is 84.9 Å². The molecule has 0 radical (unpaired) electrons. The molecule has 2 heterocycles. The van der Waals surface area contributed by atoms with E-state index in [1.165, 1.54) is 15.5 Å². The molecule has 0 aliphatic rings. The van der Waals surface area contributed by atoms with Gasteiger partial charge in [-0.2, -0.15) is 0 Å². The lowest BCUT2D eigenvalue weighted by molar-refractivity contribution is 0.312. The third kappa shape index (κ3) is 4.91. The van der Waals surface area contributed by atoms with Crippen LogP contribution in [0.15, 0.2) is 146 Å². The lowest BCUT2D eigenvalue weighted by atomic mass is 9.98. The Morgan fingerprint density at radius 1 is 0.542 bits per heavy atom. The van der Waals surface area contributed by atoms with Crippen molar-refractivity contribution in [2.75, 3.05) is 5.73 Å². The number of aromatic nitrogens is 3. The Morgan fingerprint density at radius 2 is 1.21 bits per heavy atom. The number of fused-ring (bicyclic) bond motifs is 6. The maximum atomic E-state index is 6.58. The van der Waals surface area contributed by atoms with Crippen molar-refractivity contribution in [1.82, 2.24) is 15.0 Å². The molecule has 9 rings (SSSR count). The van der Waals surface area contributed by atoms with Gasteiger partial charge in [-0.1, -0.05) is 121 Å². The van der Waals surface area contributed by atoms with Crippen LogP contribution >= 0.6 is 11.3 Å². The summed E-state index contributed by atoms with van der Waals surface area (Å²) in [6.45, 7) is 0.417. The highest BCUT2D eigenvalue weighted by Crippen LogP contribution is 2.41. The number of nitrogens with zero attached hydrogens (tertiary/aromatic N) is 3. The minimum atomic E-state index is 0.417. The largest absolute Gasteiger partial charge is 0.486 e. The Kier molecular flexibility index (Phi) is 6.80. The molecular formula is C42H28N4OS. The summed E-state index contributed by atoms with van der Waals surface area (Å²) in [6, 6.07) is 49.7. The van der Waals surface area contributed by atoms with Crippen molar-refractivity contribution in [3.63, 3.8) is 0 Å². The van der Waals surface area contributed by atoms with Crippen LogP contribution in [0.5, 0.6) is 5.75 Å². The number of hydrogen-bond acceptors (Lipinski definition) is 6.